The first kappa shape index (κ1) is 16.5. The van der Waals surface area contributed by atoms with Crippen molar-refractivity contribution >= 4 is 23.5 Å². The van der Waals surface area contributed by atoms with E-state index in [0.717, 1.165) is 11.1 Å². The minimum absolute atomic E-state index is 0.107. The summed E-state index contributed by atoms with van der Waals surface area (Å²) < 4.78 is 10.6. The van der Waals surface area contributed by atoms with Crippen molar-refractivity contribution in [1.82, 2.24) is 15.0 Å². The van der Waals surface area contributed by atoms with Crippen LogP contribution in [0.25, 0.3) is 0 Å². The van der Waals surface area contributed by atoms with Gasteiger partial charge in [-0.2, -0.15) is 9.97 Å². The Kier molecular flexibility index (Phi) is 4.29. The molecule has 136 valence electrons. The molecule has 2 aromatic heterocycles. The number of hydrogen-bond donors (Lipinski definition) is 2. The molecule has 0 spiro atoms. The first-order valence-electron chi connectivity index (χ1n) is 8.45. The molecule has 2 aliphatic heterocycles. The molecule has 9 heteroatoms. The van der Waals surface area contributed by atoms with Crippen LogP contribution in [0.15, 0.2) is 18.3 Å². The molecule has 3 N–H and O–H groups in total. The second-order valence-corrected chi connectivity index (χ2v) is 6.21. The number of nitrogens with two attached hydrogens (primary N) is 1. The van der Waals surface area contributed by atoms with Crippen LogP contribution in [0.5, 0.6) is 5.88 Å². The summed E-state index contributed by atoms with van der Waals surface area (Å²) in [6, 6.07) is 3.66. The number of carbonyl (C=O) groups is 1. The van der Waals surface area contributed by atoms with Gasteiger partial charge in [0.05, 0.1) is 20.3 Å². The summed E-state index contributed by atoms with van der Waals surface area (Å²) in [5.41, 5.74) is 7.91. The van der Waals surface area contributed by atoms with Crippen molar-refractivity contribution in [1.29, 1.82) is 0 Å². The highest BCUT2D eigenvalue weighted by molar-refractivity contribution is 5.95. The highest BCUT2D eigenvalue weighted by Gasteiger charge is 2.32. The van der Waals surface area contributed by atoms with E-state index >= 15 is 0 Å². The standard InChI is InChI=1S/C17H20N6O3/c1-25-13-8-10(2-3-19-13)11-9-12(24)20-16-14(11)15(18)21-17(22-16)23-4-6-26-7-5-23/h2-3,8,11H,4-7,9H2,1H3,(H3,18,20,21,22,24). The number of nitrogen functional groups attached to an aromatic ring is 1. The van der Waals surface area contributed by atoms with E-state index in [-0.39, 0.29) is 18.2 Å². The number of rotatable bonds is 3. The second-order valence-electron chi connectivity index (χ2n) is 6.21. The van der Waals surface area contributed by atoms with Gasteiger partial charge in [-0.3, -0.25) is 4.79 Å². The van der Waals surface area contributed by atoms with Gasteiger partial charge in [-0.15, -0.1) is 0 Å². The first-order valence-corrected chi connectivity index (χ1v) is 8.45. The molecule has 1 saturated heterocycles. The van der Waals surface area contributed by atoms with E-state index in [1.165, 1.54) is 0 Å². The molecule has 1 fully saturated rings. The van der Waals surface area contributed by atoms with Crippen molar-refractivity contribution in [3.63, 3.8) is 0 Å². The van der Waals surface area contributed by atoms with Crippen molar-refractivity contribution in [2.24, 2.45) is 0 Å². The SMILES string of the molecule is COc1cc(C2CC(=O)Nc3nc(N4CCOCC4)nc(N)c32)ccn1. The lowest BCUT2D eigenvalue weighted by Gasteiger charge is -2.30. The highest BCUT2D eigenvalue weighted by atomic mass is 16.5. The van der Waals surface area contributed by atoms with Gasteiger partial charge in [0.2, 0.25) is 17.7 Å². The fourth-order valence-electron chi connectivity index (χ4n) is 3.33. The lowest BCUT2D eigenvalue weighted by atomic mass is 9.87. The largest absolute Gasteiger partial charge is 0.481 e. The normalized spacial score (nSPS) is 19.7. The Morgan fingerprint density at radius 1 is 1.35 bits per heavy atom. The van der Waals surface area contributed by atoms with Gasteiger partial charge in [0.1, 0.15) is 11.6 Å². The van der Waals surface area contributed by atoms with Gasteiger partial charge in [0.15, 0.2) is 0 Å². The fourth-order valence-corrected chi connectivity index (χ4v) is 3.33. The molecule has 2 aliphatic rings. The van der Waals surface area contributed by atoms with Gasteiger partial charge >= 0.3 is 0 Å². The van der Waals surface area contributed by atoms with Crippen LogP contribution in [0.2, 0.25) is 0 Å². The maximum Gasteiger partial charge on any atom is 0.229 e. The molecule has 0 aromatic carbocycles. The third-order valence-electron chi connectivity index (χ3n) is 4.62. The molecule has 0 aliphatic carbocycles. The number of fused-ring (bicyclic) bond motifs is 1. The zero-order valence-corrected chi connectivity index (χ0v) is 14.4. The molecule has 1 unspecified atom stereocenters. The maximum absolute atomic E-state index is 12.3. The van der Waals surface area contributed by atoms with Gasteiger partial charge in [-0.05, 0) is 11.6 Å². The third-order valence-corrected chi connectivity index (χ3v) is 4.62. The quantitative estimate of drug-likeness (QED) is 0.829. The molecule has 0 saturated carbocycles. The Labute approximate surface area is 150 Å². The number of nitrogens with zero attached hydrogens (tertiary/aromatic N) is 4. The van der Waals surface area contributed by atoms with E-state index in [4.69, 9.17) is 15.2 Å². The molecule has 4 heterocycles. The number of ether oxygens (including phenoxy) is 2. The van der Waals surface area contributed by atoms with Gasteiger partial charge in [-0.1, -0.05) is 0 Å². The van der Waals surface area contributed by atoms with Crippen LogP contribution in [0.3, 0.4) is 0 Å². The van der Waals surface area contributed by atoms with Crippen LogP contribution in [0.4, 0.5) is 17.6 Å². The summed E-state index contributed by atoms with van der Waals surface area (Å²) >= 11 is 0. The Morgan fingerprint density at radius 2 is 2.15 bits per heavy atom. The minimum Gasteiger partial charge on any atom is -0.481 e. The van der Waals surface area contributed by atoms with Crippen molar-refractivity contribution in [2.75, 3.05) is 49.4 Å². The zero-order chi connectivity index (χ0) is 18.1. The summed E-state index contributed by atoms with van der Waals surface area (Å²) in [6.07, 6.45) is 1.92. The number of nitrogens with one attached hydrogen (secondary N) is 1. The molecular formula is C17H20N6O3. The average molecular weight is 356 g/mol. The van der Waals surface area contributed by atoms with Crippen LogP contribution in [-0.2, 0) is 9.53 Å². The lowest BCUT2D eigenvalue weighted by molar-refractivity contribution is -0.116. The van der Waals surface area contributed by atoms with Crippen LogP contribution in [0, 0.1) is 0 Å². The van der Waals surface area contributed by atoms with E-state index in [2.05, 4.69) is 20.3 Å². The van der Waals surface area contributed by atoms with Gasteiger partial charge < -0.3 is 25.4 Å². The summed E-state index contributed by atoms with van der Waals surface area (Å²) in [7, 11) is 1.56. The molecule has 9 nitrogen and oxygen atoms in total. The monoisotopic (exact) mass is 356 g/mol. The van der Waals surface area contributed by atoms with Crippen molar-refractivity contribution in [3.05, 3.63) is 29.5 Å². The third kappa shape index (κ3) is 3.01. The van der Waals surface area contributed by atoms with Crippen LogP contribution in [0.1, 0.15) is 23.5 Å². The Hall–Kier alpha value is -2.94. The summed E-state index contributed by atoms with van der Waals surface area (Å²) in [6.45, 7) is 2.62. The Morgan fingerprint density at radius 3 is 2.92 bits per heavy atom. The van der Waals surface area contributed by atoms with E-state index in [1.807, 2.05) is 17.0 Å². The summed E-state index contributed by atoms with van der Waals surface area (Å²) in [4.78, 5) is 27.5. The van der Waals surface area contributed by atoms with Crippen molar-refractivity contribution < 1.29 is 14.3 Å². The number of pyridine rings is 1. The van der Waals surface area contributed by atoms with Gasteiger partial charge in [0, 0.05) is 43.3 Å². The smallest absolute Gasteiger partial charge is 0.229 e. The number of morpholine rings is 1. The summed E-state index contributed by atoms with van der Waals surface area (Å²) in [5.74, 6) is 1.49. The molecule has 0 radical (unpaired) electrons. The maximum atomic E-state index is 12.3. The summed E-state index contributed by atoms with van der Waals surface area (Å²) in [5, 5.41) is 2.83. The number of methoxy groups -OCH3 is 1. The average Bonchev–Trinajstić information content (AvgIpc) is 2.67. The van der Waals surface area contributed by atoms with Gasteiger partial charge in [0.25, 0.3) is 0 Å². The van der Waals surface area contributed by atoms with Crippen molar-refractivity contribution in [2.45, 2.75) is 12.3 Å². The lowest BCUT2D eigenvalue weighted by Crippen LogP contribution is -2.38. The van der Waals surface area contributed by atoms with E-state index in [0.29, 0.717) is 49.8 Å². The minimum atomic E-state index is -0.241. The molecule has 26 heavy (non-hydrogen) atoms. The van der Waals surface area contributed by atoms with E-state index < -0.39 is 0 Å². The number of amides is 1. The highest BCUT2D eigenvalue weighted by Crippen LogP contribution is 2.40. The molecule has 1 amide bonds. The number of hydrogen-bond acceptors (Lipinski definition) is 8. The predicted molar refractivity (Wildman–Crippen MR) is 95.4 cm³/mol. The van der Waals surface area contributed by atoms with Crippen molar-refractivity contribution in [3.8, 4) is 5.88 Å². The zero-order valence-electron chi connectivity index (χ0n) is 14.4. The number of aromatic nitrogens is 3. The topological polar surface area (TPSA) is 115 Å². The Balaban J connectivity index is 1.75. The fraction of sp³-hybridized carbons (Fsp3) is 0.412. The van der Waals surface area contributed by atoms with Crippen LogP contribution >= 0.6 is 0 Å². The Bertz CT molecular complexity index is 837. The van der Waals surface area contributed by atoms with E-state index in [1.54, 1.807) is 13.3 Å². The molecule has 0 bridgehead atoms. The van der Waals surface area contributed by atoms with Gasteiger partial charge in [-0.25, -0.2) is 4.98 Å². The molecule has 2 aromatic rings. The van der Waals surface area contributed by atoms with Crippen LogP contribution in [-0.4, -0.2) is 54.3 Å². The number of anilines is 3. The van der Waals surface area contributed by atoms with Crippen LogP contribution < -0.4 is 20.7 Å². The predicted octanol–water partition coefficient (Wildman–Crippen LogP) is 0.773. The van der Waals surface area contributed by atoms with E-state index in [9.17, 15) is 4.79 Å². The molecular weight excluding hydrogens is 336 g/mol. The molecule has 4 rings (SSSR count). The first-order chi connectivity index (χ1) is 12.7. The second kappa shape index (κ2) is 6.75. The molecule has 1 atom stereocenters. The number of carbonyl (C=O) groups excluding carboxylic acids is 1.